The third kappa shape index (κ3) is 16.0. The van der Waals surface area contributed by atoms with Crippen LogP contribution in [0.2, 0.25) is 6.04 Å². The highest BCUT2D eigenvalue weighted by atomic mass is 28.3. The van der Waals surface area contributed by atoms with Gasteiger partial charge in [-0.1, -0.05) is 40.2 Å². The first kappa shape index (κ1) is 26.3. The summed E-state index contributed by atoms with van der Waals surface area (Å²) in [5, 5.41) is 0. The molecule has 0 spiro atoms. The molecule has 0 rings (SSSR count). The van der Waals surface area contributed by atoms with Crippen LogP contribution in [0.4, 0.5) is 0 Å². The Morgan fingerprint density at radius 2 is 1.52 bits per heavy atom. The lowest BCUT2D eigenvalue weighted by Gasteiger charge is -2.17. The molecular formula is C20H40O6Si. The molecule has 0 fully saturated rings. The van der Waals surface area contributed by atoms with Crippen molar-refractivity contribution in [2.45, 2.75) is 84.8 Å². The highest BCUT2D eigenvalue weighted by Gasteiger charge is 2.14. The summed E-state index contributed by atoms with van der Waals surface area (Å²) in [6.45, 7) is 14.0. The topological polar surface area (TPSA) is 63.2 Å². The van der Waals surface area contributed by atoms with Gasteiger partial charge in [0.1, 0.15) is 6.10 Å². The molecule has 0 bridgehead atoms. The molecule has 6 nitrogen and oxygen atoms in total. The summed E-state index contributed by atoms with van der Waals surface area (Å²) in [5.74, 6) is -0.357. The van der Waals surface area contributed by atoms with E-state index in [1.807, 2.05) is 6.92 Å². The van der Waals surface area contributed by atoms with Crippen LogP contribution in [0.25, 0.3) is 0 Å². The fraction of sp³-hybridized carbons (Fsp3) is 0.850. The Labute approximate surface area is 167 Å². The molecule has 0 heterocycles. The molecule has 0 amide bonds. The lowest BCUT2D eigenvalue weighted by atomic mass is 10.2. The van der Waals surface area contributed by atoms with E-state index < -0.39 is 9.28 Å². The summed E-state index contributed by atoms with van der Waals surface area (Å²) in [4.78, 5) is 22.0. The predicted octanol–water partition coefficient (Wildman–Crippen LogP) is 4.47. The van der Waals surface area contributed by atoms with Crippen molar-refractivity contribution in [2.24, 2.45) is 0 Å². The van der Waals surface area contributed by atoms with E-state index in [0.29, 0.717) is 25.2 Å². The average Bonchev–Trinajstić information content (AvgIpc) is 2.65. The summed E-state index contributed by atoms with van der Waals surface area (Å²) in [5.41, 5.74) is 0.409. The van der Waals surface area contributed by atoms with Crippen molar-refractivity contribution in [3.05, 3.63) is 12.2 Å². The van der Waals surface area contributed by atoms with Crippen molar-refractivity contribution in [1.82, 2.24) is 0 Å². The number of hydrogen-bond acceptors (Lipinski definition) is 6. The second-order valence-electron chi connectivity index (χ2n) is 6.67. The van der Waals surface area contributed by atoms with Gasteiger partial charge in [-0.2, -0.15) is 0 Å². The molecule has 7 heteroatoms. The Morgan fingerprint density at radius 3 is 2.04 bits per heavy atom. The SMILES string of the molecule is C=C(C)C(=O)OC(CC)CCOOCCC[SiH](OCCCC)OCCCC. The minimum atomic E-state index is -1.60. The van der Waals surface area contributed by atoms with Crippen LogP contribution in [0, 0.1) is 0 Å². The lowest BCUT2D eigenvalue weighted by Crippen LogP contribution is -2.24. The van der Waals surface area contributed by atoms with Gasteiger partial charge in [0, 0.05) is 25.2 Å². The first-order chi connectivity index (χ1) is 13.0. The van der Waals surface area contributed by atoms with Gasteiger partial charge >= 0.3 is 15.3 Å². The standard InChI is InChI=1S/C20H40O6Si/c1-6-9-14-24-27(25-15-10-7-2)17-11-13-22-23-16-12-19(8-3)26-20(21)18(4)5/h19,27H,4,6-17H2,1-3,5H3. The van der Waals surface area contributed by atoms with Crippen LogP contribution in [-0.4, -0.2) is 47.8 Å². The van der Waals surface area contributed by atoms with Crippen LogP contribution in [0.5, 0.6) is 0 Å². The number of carbonyl (C=O) groups is 1. The maximum Gasteiger partial charge on any atom is 0.333 e. The number of ether oxygens (including phenoxy) is 1. The van der Waals surface area contributed by atoms with Gasteiger partial charge in [-0.05, 0) is 38.7 Å². The Balaban J connectivity index is 3.82. The zero-order chi connectivity index (χ0) is 20.3. The minimum Gasteiger partial charge on any atom is -0.459 e. The van der Waals surface area contributed by atoms with E-state index in [2.05, 4.69) is 20.4 Å². The van der Waals surface area contributed by atoms with Gasteiger partial charge in [-0.25, -0.2) is 14.6 Å². The number of rotatable bonds is 19. The van der Waals surface area contributed by atoms with Crippen molar-refractivity contribution >= 4 is 15.3 Å². The van der Waals surface area contributed by atoms with Crippen molar-refractivity contribution in [3.8, 4) is 0 Å². The molecule has 160 valence electrons. The first-order valence-corrected chi connectivity index (χ1v) is 12.1. The molecule has 0 aromatic rings. The van der Waals surface area contributed by atoms with Gasteiger partial charge in [-0.3, -0.25) is 0 Å². The predicted molar refractivity (Wildman–Crippen MR) is 110 cm³/mol. The largest absolute Gasteiger partial charge is 0.459 e. The molecule has 0 saturated heterocycles. The van der Waals surface area contributed by atoms with E-state index in [0.717, 1.165) is 57.8 Å². The van der Waals surface area contributed by atoms with Crippen LogP contribution in [0.1, 0.15) is 72.6 Å². The van der Waals surface area contributed by atoms with Crippen LogP contribution in [0.3, 0.4) is 0 Å². The summed E-state index contributed by atoms with van der Waals surface area (Å²) < 4.78 is 17.2. The molecule has 0 aliphatic carbocycles. The fourth-order valence-electron chi connectivity index (χ4n) is 2.14. The smallest absolute Gasteiger partial charge is 0.333 e. The van der Waals surface area contributed by atoms with Gasteiger partial charge in [-0.15, -0.1) is 0 Å². The monoisotopic (exact) mass is 404 g/mol. The third-order valence-corrected chi connectivity index (χ3v) is 6.05. The van der Waals surface area contributed by atoms with E-state index >= 15 is 0 Å². The fourth-order valence-corrected chi connectivity index (χ4v) is 3.93. The maximum absolute atomic E-state index is 11.5. The lowest BCUT2D eigenvalue weighted by molar-refractivity contribution is -0.296. The van der Waals surface area contributed by atoms with Gasteiger partial charge in [0.05, 0.1) is 13.2 Å². The second-order valence-corrected chi connectivity index (χ2v) is 8.77. The zero-order valence-corrected chi connectivity index (χ0v) is 19.0. The van der Waals surface area contributed by atoms with E-state index in [4.69, 9.17) is 23.4 Å². The van der Waals surface area contributed by atoms with Crippen molar-refractivity contribution in [2.75, 3.05) is 26.4 Å². The molecule has 0 aliphatic heterocycles. The highest BCUT2D eigenvalue weighted by Crippen LogP contribution is 2.08. The quantitative estimate of drug-likeness (QED) is 0.0790. The van der Waals surface area contributed by atoms with E-state index in [1.165, 1.54) is 0 Å². The van der Waals surface area contributed by atoms with E-state index in [9.17, 15) is 4.79 Å². The molecule has 0 saturated carbocycles. The summed E-state index contributed by atoms with van der Waals surface area (Å²) in [7, 11) is -1.60. The van der Waals surface area contributed by atoms with E-state index in [-0.39, 0.29) is 12.1 Å². The molecular weight excluding hydrogens is 364 g/mol. The number of unbranched alkanes of at least 4 members (excludes halogenated alkanes) is 2. The maximum atomic E-state index is 11.5. The Kier molecular flexibility index (Phi) is 18.1. The molecule has 0 radical (unpaired) electrons. The van der Waals surface area contributed by atoms with Crippen LogP contribution >= 0.6 is 0 Å². The Hall–Kier alpha value is -0.733. The van der Waals surface area contributed by atoms with Gasteiger partial charge in [0.25, 0.3) is 0 Å². The van der Waals surface area contributed by atoms with Gasteiger partial charge < -0.3 is 13.6 Å². The molecule has 0 N–H and O–H groups in total. The van der Waals surface area contributed by atoms with E-state index in [1.54, 1.807) is 6.92 Å². The minimum absolute atomic E-state index is 0.173. The highest BCUT2D eigenvalue weighted by molar-refractivity contribution is 6.44. The van der Waals surface area contributed by atoms with Crippen LogP contribution in [-0.2, 0) is 28.2 Å². The van der Waals surface area contributed by atoms with Crippen LogP contribution in [0.15, 0.2) is 12.2 Å². The number of hydrogen-bond donors (Lipinski definition) is 0. The molecule has 1 atom stereocenters. The number of carbonyl (C=O) groups excluding carboxylic acids is 1. The average molecular weight is 405 g/mol. The summed E-state index contributed by atoms with van der Waals surface area (Å²) in [6.07, 6.45) is 6.45. The number of esters is 1. The van der Waals surface area contributed by atoms with Crippen molar-refractivity contribution in [1.29, 1.82) is 0 Å². The van der Waals surface area contributed by atoms with Crippen molar-refractivity contribution < 1.29 is 28.2 Å². The molecule has 27 heavy (non-hydrogen) atoms. The second kappa shape index (κ2) is 18.6. The third-order valence-electron chi connectivity index (χ3n) is 3.95. The van der Waals surface area contributed by atoms with Crippen LogP contribution < -0.4 is 0 Å². The zero-order valence-electron chi connectivity index (χ0n) is 17.8. The summed E-state index contributed by atoms with van der Waals surface area (Å²) >= 11 is 0. The van der Waals surface area contributed by atoms with Crippen molar-refractivity contribution in [3.63, 3.8) is 0 Å². The Morgan fingerprint density at radius 1 is 0.926 bits per heavy atom. The Bertz CT molecular complexity index is 367. The molecule has 0 aromatic heterocycles. The normalized spacial score (nSPS) is 12.3. The molecule has 0 aliphatic rings. The van der Waals surface area contributed by atoms with Gasteiger partial charge in [0.2, 0.25) is 0 Å². The molecule has 1 unspecified atom stereocenters. The molecule has 0 aromatic carbocycles. The summed E-state index contributed by atoms with van der Waals surface area (Å²) in [6, 6.07) is 0.921. The first-order valence-electron chi connectivity index (χ1n) is 10.4. The van der Waals surface area contributed by atoms with Gasteiger partial charge in [0.15, 0.2) is 0 Å².